The molecule has 6 nitrogen and oxygen atoms in total. The molecule has 76 valence electrons. The van der Waals surface area contributed by atoms with E-state index in [1.54, 1.807) is 4.57 Å². The zero-order valence-corrected chi connectivity index (χ0v) is 7.80. The highest BCUT2D eigenvalue weighted by Gasteiger charge is 2.27. The quantitative estimate of drug-likeness (QED) is 0.718. The van der Waals surface area contributed by atoms with E-state index < -0.39 is 5.97 Å². The second-order valence-electron chi connectivity index (χ2n) is 3.29. The first kappa shape index (κ1) is 8.98. The Morgan fingerprint density at radius 2 is 2.43 bits per heavy atom. The van der Waals surface area contributed by atoms with E-state index in [1.807, 2.05) is 0 Å². The van der Waals surface area contributed by atoms with Crippen LogP contribution < -0.4 is 4.74 Å². The van der Waals surface area contributed by atoms with Crippen molar-refractivity contribution < 1.29 is 14.6 Å². The Bertz CT molecular complexity index is 347. The Morgan fingerprint density at radius 1 is 1.64 bits per heavy atom. The normalized spacial score (nSPS) is 20.2. The van der Waals surface area contributed by atoms with Crippen LogP contribution >= 0.6 is 0 Å². The van der Waals surface area contributed by atoms with Gasteiger partial charge in [-0.3, -0.25) is 9.36 Å². The number of carboxylic acids is 1. The van der Waals surface area contributed by atoms with Crippen molar-refractivity contribution in [2.45, 2.75) is 19.4 Å². The van der Waals surface area contributed by atoms with Crippen molar-refractivity contribution in [1.82, 2.24) is 14.8 Å². The van der Waals surface area contributed by atoms with Gasteiger partial charge < -0.3 is 9.84 Å². The molecule has 0 bridgehead atoms. The lowest BCUT2D eigenvalue weighted by Crippen LogP contribution is -2.26. The van der Waals surface area contributed by atoms with Crippen LogP contribution in [0.25, 0.3) is 0 Å². The monoisotopic (exact) mass is 197 g/mol. The predicted octanol–water partition coefficient (Wildman–Crippen LogP) is -0.0663. The number of aryl methyl sites for hydroxylation is 1. The molecule has 2 rings (SSSR count). The third-order valence-electron chi connectivity index (χ3n) is 2.44. The van der Waals surface area contributed by atoms with Crippen LogP contribution in [0.4, 0.5) is 0 Å². The Labute approximate surface area is 80.5 Å². The first-order valence-corrected chi connectivity index (χ1v) is 4.41. The van der Waals surface area contributed by atoms with Gasteiger partial charge in [-0.2, -0.15) is 0 Å². The largest absolute Gasteiger partial charge is 0.481 e. The smallest absolute Gasteiger partial charge is 0.316 e. The zero-order valence-electron chi connectivity index (χ0n) is 7.80. The van der Waals surface area contributed by atoms with E-state index in [1.165, 1.54) is 7.11 Å². The molecule has 1 aromatic heterocycles. The highest BCUT2D eigenvalue weighted by Crippen LogP contribution is 2.22. The molecule has 0 fully saturated rings. The molecule has 1 aliphatic heterocycles. The molecular weight excluding hydrogens is 186 g/mol. The van der Waals surface area contributed by atoms with Gasteiger partial charge in [-0.05, 0) is 6.42 Å². The van der Waals surface area contributed by atoms with Crippen LogP contribution in [-0.2, 0) is 17.8 Å². The number of ether oxygens (including phenoxy) is 1. The van der Waals surface area contributed by atoms with Gasteiger partial charge >= 0.3 is 12.0 Å². The van der Waals surface area contributed by atoms with Crippen LogP contribution in [0.3, 0.4) is 0 Å². The number of aromatic nitrogens is 3. The summed E-state index contributed by atoms with van der Waals surface area (Å²) in [5.41, 5.74) is 0. The Morgan fingerprint density at radius 3 is 3.07 bits per heavy atom. The van der Waals surface area contributed by atoms with Crippen molar-refractivity contribution in [2.75, 3.05) is 7.11 Å². The Kier molecular flexibility index (Phi) is 2.11. The van der Waals surface area contributed by atoms with Gasteiger partial charge in [-0.15, -0.1) is 5.10 Å². The summed E-state index contributed by atoms with van der Waals surface area (Å²) < 4.78 is 6.70. The average Bonchev–Trinajstić information content (AvgIpc) is 2.59. The molecule has 0 spiro atoms. The number of aliphatic carboxylic acids is 1. The second kappa shape index (κ2) is 3.28. The lowest BCUT2D eigenvalue weighted by atomic mass is 10.00. The molecular formula is C8H11N3O3. The van der Waals surface area contributed by atoms with E-state index in [-0.39, 0.29) is 5.92 Å². The van der Waals surface area contributed by atoms with Crippen molar-refractivity contribution in [3.05, 3.63) is 5.82 Å². The predicted molar refractivity (Wildman–Crippen MR) is 46.0 cm³/mol. The van der Waals surface area contributed by atoms with Gasteiger partial charge in [0.25, 0.3) is 0 Å². The maximum absolute atomic E-state index is 10.8. The summed E-state index contributed by atoms with van der Waals surface area (Å²) >= 11 is 0. The van der Waals surface area contributed by atoms with Crippen LogP contribution in [0.2, 0.25) is 0 Å². The standard InChI is InChI=1S/C8H11N3O3/c1-14-8-10-9-6-3-2-5(7(12)13)4-11(6)8/h5H,2-4H2,1H3,(H,12,13). The first-order chi connectivity index (χ1) is 6.72. The molecule has 0 saturated carbocycles. The van der Waals surface area contributed by atoms with Crippen molar-refractivity contribution in [3.8, 4) is 6.01 Å². The van der Waals surface area contributed by atoms with Gasteiger partial charge in [0.05, 0.1) is 13.0 Å². The molecule has 6 heteroatoms. The van der Waals surface area contributed by atoms with Crippen molar-refractivity contribution in [1.29, 1.82) is 0 Å². The number of nitrogens with zero attached hydrogens (tertiary/aromatic N) is 3. The molecule has 0 aliphatic carbocycles. The maximum atomic E-state index is 10.8. The minimum absolute atomic E-state index is 0.354. The van der Waals surface area contributed by atoms with Gasteiger partial charge in [0.1, 0.15) is 5.82 Å². The fraction of sp³-hybridized carbons (Fsp3) is 0.625. The van der Waals surface area contributed by atoms with E-state index in [9.17, 15) is 4.79 Å². The van der Waals surface area contributed by atoms with Crippen LogP contribution in [0.1, 0.15) is 12.2 Å². The van der Waals surface area contributed by atoms with Gasteiger partial charge in [0, 0.05) is 13.0 Å². The average molecular weight is 197 g/mol. The third-order valence-corrected chi connectivity index (χ3v) is 2.44. The molecule has 1 aromatic rings. The van der Waals surface area contributed by atoms with Gasteiger partial charge in [-0.1, -0.05) is 5.10 Å². The zero-order chi connectivity index (χ0) is 10.1. The van der Waals surface area contributed by atoms with E-state index in [0.29, 0.717) is 25.4 Å². The number of hydrogen-bond donors (Lipinski definition) is 1. The van der Waals surface area contributed by atoms with Gasteiger partial charge in [-0.25, -0.2) is 0 Å². The van der Waals surface area contributed by atoms with Crippen LogP contribution in [0, 0.1) is 5.92 Å². The number of rotatable bonds is 2. The van der Waals surface area contributed by atoms with Crippen LogP contribution in [0.15, 0.2) is 0 Å². The summed E-state index contributed by atoms with van der Waals surface area (Å²) in [4.78, 5) is 10.8. The summed E-state index contributed by atoms with van der Waals surface area (Å²) in [7, 11) is 1.50. The number of carbonyl (C=O) groups is 1. The summed E-state index contributed by atoms with van der Waals surface area (Å²) in [6.45, 7) is 0.404. The number of hydrogen-bond acceptors (Lipinski definition) is 4. The first-order valence-electron chi connectivity index (χ1n) is 4.41. The summed E-state index contributed by atoms with van der Waals surface area (Å²) in [6.07, 6.45) is 1.27. The molecule has 14 heavy (non-hydrogen) atoms. The molecule has 0 radical (unpaired) electrons. The summed E-state index contributed by atoms with van der Waals surface area (Å²) in [5.74, 6) is -0.321. The topological polar surface area (TPSA) is 77.2 Å². The molecule has 1 aliphatic rings. The molecule has 2 heterocycles. The van der Waals surface area contributed by atoms with E-state index >= 15 is 0 Å². The second-order valence-corrected chi connectivity index (χ2v) is 3.29. The van der Waals surface area contributed by atoms with E-state index in [4.69, 9.17) is 9.84 Å². The number of fused-ring (bicyclic) bond motifs is 1. The van der Waals surface area contributed by atoms with E-state index in [0.717, 1.165) is 5.82 Å². The highest BCUT2D eigenvalue weighted by atomic mass is 16.5. The third kappa shape index (κ3) is 1.32. The van der Waals surface area contributed by atoms with Gasteiger partial charge in [0.15, 0.2) is 0 Å². The molecule has 1 atom stereocenters. The van der Waals surface area contributed by atoms with E-state index in [2.05, 4.69) is 10.2 Å². The van der Waals surface area contributed by atoms with Crippen LogP contribution in [0.5, 0.6) is 6.01 Å². The molecule has 0 amide bonds. The maximum Gasteiger partial charge on any atom is 0.316 e. The Hall–Kier alpha value is -1.59. The van der Waals surface area contributed by atoms with Crippen molar-refractivity contribution in [3.63, 3.8) is 0 Å². The molecule has 1 unspecified atom stereocenters. The summed E-state index contributed by atoms with van der Waals surface area (Å²) in [5, 5.41) is 16.6. The van der Waals surface area contributed by atoms with Crippen molar-refractivity contribution in [2.24, 2.45) is 5.92 Å². The fourth-order valence-electron chi connectivity index (χ4n) is 1.65. The Balaban J connectivity index is 2.27. The molecule has 0 saturated heterocycles. The molecule has 0 aromatic carbocycles. The minimum atomic E-state index is -0.772. The lowest BCUT2D eigenvalue weighted by molar-refractivity contribution is -0.142. The number of carboxylic acid groups (broad SMARTS) is 1. The summed E-state index contributed by atoms with van der Waals surface area (Å²) in [6, 6.07) is 0.394. The SMILES string of the molecule is COc1nnc2n1CC(C(=O)O)CC2. The van der Waals surface area contributed by atoms with Crippen LogP contribution in [-0.4, -0.2) is 33.0 Å². The minimum Gasteiger partial charge on any atom is -0.481 e. The fourth-order valence-corrected chi connectivity index (χ4v) is 1.65. The van der Waals surface area contributed by atoms with Gasteiger partial charge in [0.2, 0.25) is 0 Å². The molecule has 1 N–H and O–H groups in total. The highest BCUT2D eigenvalue weighted by molar-refractivity contribution is 5.70. The number of methoxy groups -OCH3 is 1. The van der Waals surface area contributed by atoms with Crippen molar-refractivity contribution >= 4 is 5.97 Å². The lowest BCUT2D eigenvalue weighted by Gasteiger charge is -2.19.